The molecule has 1 fully saturated rings. The highest BCUT2D eigenvalue weighted by Gasteiger charge is 2.22. The number of amides is 2. The first kappa shape index (κ1) is 18.7. The highest BCUT2D eigenvalue weighted by Crippen LogP contribution is 2.22. The van der Waals surface area contributed by atoms with Crippen molar-refractivity contribution in [1.82, 2.24) is 10.2 Å². The molecule has 1 aliphatic rings. The molecule has 24 heavy (non-hydrogen) atoms. The minimum atomic E-state index is -0.235. The summed E-state index contributed by atoms with van der Waals surface area (Å²) in [4.78, 5) is 26.6. The van der Waals surface area contributed by atoms with Crippen LogP contribution in [-0.2, 0) is 4.79 Å². The maximum absolute atomic E-state index is 12.3. The van der Waals surface area contributed by atoms with Crippen LogP contribution in [0.2, 0.25) is 5.02 Å². The molecule has 0 aliphatic carbocycles. The van der Waals surface area contributed by atoms with E-state index in [2.05, 4.69) is 22.5 Å². The molecule has 1 aromatic carbocycles. The second-order valence-electron chi connectivity index (χ2n) is 6.13. The zero-order valence-electron chi connectivity index (χ0n) is 14.4. The van der Waals surface area contributed by atoms with Crippen LogP contribution in [-0.4, -0.2) is 42.4 Å². The van der Waals surface area contributed by atoms with E-state index in [4.69, 9.17) is 11.6 Å². The lowest BCUT2D eigenvalue weighted by Gasteiger charge is -2.34. The quantitative estimate of drug-likeness (QED) is 0.826. The first-order valence-electron chi connectivity index (χ1n) is 8.66. The molecule has 0 bridgehead atoms. The van der Waals surface area contributed by atoms with Gasteiger partial charge in [0.25, 0.3) is 5.91 Å². The van der Waals surface area contributed by atoms with Crippen molar-refractivity contribution in [3.05, 3.63) is 28.8 Å². The molecule has 1 aliphatic heterocycles. The third-order valence-electron chi connectivity index (χ3n) is 4.40. The van der Waals surface area contributed by atoms with Gasteiger partial charge in [-0.2, -0.15) is 0 Å². The van der Waals surface area contributed by atoms with Crippen LogP contribution < -0.4 is 10.6 Å². The largest absolute Gasteiger partial charge is 0.352 e. The standard InChI is InChI=1S/C18H26ClN3O2/c1-3-14-7-5-6-10-22(14)12-17(23)21-13-8-9-16(19)15(11-13)18(24)20-4-2/h8-9,11,14H,3-7,10,12H2,1-2H3,(H,20,24)(H,21,23). The molecule has 2 amide bonds. The van der Waals surface area contributed by atoms with Crippen molar-refractivity contribution in [3.63, 3.8) is 0 Å². The topological polar surface area (TPSA) is 61.4 Å². The maximum Gasteiger partial charge on any atom is 0.252 e. The van der Waals surface area contributed by atoms with Gasteiger partial charge >= 0.3 is 0 Å². The zero-order valence-corrected chi connectivity index (χ0v) is 15.2. The highest BCUT2D eigenvalue weighted by atomic mass is 35.5. The van der Waals surface area contributed by atoms with Crippen LogP contribution in [0.5, 0.6) is 0 Å². The number of likely N-dealkylation sites (tertiary alicyclic amines) is 1. The molecule has 0 aromatic heterocycles. The number of piperidine rings is 1. The summed E-state index contributed by atoms with van der Waals surface area (Å²) in [6.07, 6.45) is 4.61. The maximum atomic E-state index is 12.3. The Morgan fingerprint density at radius 2 is 2.08 bits per heavy atom. The normalized spacial score (nSPS) is 18.2. The van der Waals surface area contributed by atoms with Gasteiger partial charge in [0.2, 0.25) is 5.91 Å². The lowest BCUT2D eigenvalue weighted by atomic mass is 10.00. The summed E-state index contributed by atoms with van der Waals surface area (Å²) in [5, 5.41) is 5.97. The van der Waals surface area contributed by atoms with Gasteiger partial charge in [0, 0.05) is 18.3 Å². The van der Waals surface area contributed by atoms with Gasteiger partial charge in [-0.1, -0.05) is 24.9 Å². The van der Waals surface area contributed by atoms with Gasteiger partial charge in [-0.3, -0.25) is 14.5 Å². The SMILES string of the molecule is CCNC(=O)c1cc(NC(=O)CN2CCCCC2CC)ccc1Cl. The van der Waals surface area contributed by atoms with Crippen LogP contribution in [0.25, 0.3) is 0 Å². The number of benzene rings is 1. The van der Waals surface area contributed by atoms with E-state index in [1.54, 1.807) is 18.2 Å². The average Bonchev–Trinajstić information content (AvgIpc) is 2.57. The molecule has 1 saturated heterocycles. The number of nitrogens with zero attached hydrogens (tertiary/aromatic N) is 1. The van der Waals surface area contributed by atoms with Gasteiger partial charge < -0.3 is 10.6 Å². The Kier molecular flexibility index (Phi) is 7.06. The molecular weight excluding hydrogens is 326 g/mol. The molecule has 5 nitrogen and oxygen atoms in total. The van der Waals surface area contributed by atoms with Crippen LogP contribution in [0.15, 0.2) is 18.2 Å². The number of hydrogen-bond acceptors (Lipinski definition) is 3. The molecule has 2 N–H and O–H groups in total. The minimum absolute atomic E-state index is 0.0560. The van der Waals surface area contributed by atoms with Crippen molar-refractivity contribution < 1.29 is 9.59 Å². The Labute approximate surface area is 148 Å². The number of anilines is 1. The Balaban J connectivity index is 2.01. The third kappa shape index (κ3) is 4.95. The summed E-state index contributed by atoms with van der Waals surface area (Å²) >= 11 is 6.08. The molecule has 0 saturated carbocycles. The van der Waals surface area contributed by atoms with E-state index < -0.39 is 0 Å². The summed E-state index contributed by atoms with van der Waals surface area (Å²) in [5.41, 5.74) is 0.969. The predicted molar refractivity (Wildman–Crippen MR) is 97.6 cm³/mol. The second kappa shape index (κ2) is 9.04. The van der Waals surface area contributed by atoms with Crippen LogP contribution in [0.4, 0.5) is 5.69 Å². The number of nitrogens with one attached hydrogen (secondary N) is 2. The molecular formula is C18H26ClN3O2. The Morgan fingerprint density at radius 1 is 1.29 bits per heavy atom. The lowest BCUT2D eigenvalue weighted by Crippen LogP contribution is -2.43. The van der Waals surface area contributed by atoms with Crippen molar-refractivity contribution in [2.45, 2.75) is 45.6 Å². The van der Waals surface area contributed by atoms with Crippen LogP contribution in [0, 0.1) is 0 Å². The van der Waals surface area contributed by atoms with Gasteiger partial charge in [-0.15, -0.1) is 0 Å². The van der Waals surface area contributed by atoms with E-state index in [9.17, 15) is 9.59 Å². The Hall–Kier alpha value is -1.59. The van der Waals surface area contributed by atoms with E-state index in [0.717, 1.165) is 25.8 Å². The molecule has 1 heterocycles. The van der Waals surface area contributed by atoms with E-state index >= 15 is 0 Å². The van der Waals surface area contributed by atoms with Crippen molar-refractivity contribution in [3.8, 4) is 0 Å². The second-order valence-corrected chi connectivity index (χ2v) is 6.54. The molecule has 1 unspecified atom stereocenters. The minimum Gasteiger partial charge on any atom is -0.352 e. The monoisotopic (exact) mass is 351 g/mol. The number of hydrogen-bond donors (Lipinski definition) is 2. The van der Waals surface area contributed by atoms with E-state index in [1.165, 1.54) is 6.42 Å². The van der Waals surface area contributed by atoms with Crippen LogP contribution >= 0.6 is 11.6 Å². The summed E-state index contributed by atoms with van der Waals surface area (Å²) in [5.74, 6) is -0.291. The summed E-state index contributed by atoms with van der Waals surface area (Å²) in [7, 11) is 0. The van der Waals surface area contributed by atoms with Crippen molar-refractivity contribution in [2.75, 3.05) is 25.0 Å². The van der Waals surface area contributed by atoms with Gasteiger partial charge in [0.15, 0.2) is 0 Å². The number of carbonyl (C=O) groups is 2. The average molecular weight is 352 g/mol. The van der Waals surface area contributed by atoms with Crippen molar-refractivity contribution >= 4 is 29.1 Å². The molecule has 1 atom stereocenters. The molecule has 6 heteroatoms. The van der Waals surface area contributed by atoms with E-state index in [0.29, 0.717) is 35.4 Å². The van der Waals surface area contributed by atoms with E-state index in [1.807, 2.05) is 6.92 Å². The Bertz CT molecular complexity index is 592. The van der Waals surface area contributed by atoms with Crippen molar-refractivity contribution in [2.24, 2.45) is 0 Å². The molecule has 1 aromatic rings. The first-order chi connectivity index (χ1) is 11.5. The molecule has 2 rings (SSSR count). The third-order valence-corrected chi connectivity index (χ3v) is 4.73. The number of carbonyl (C=O) groups excluding carboxylic acids is 2. The summed E-state index contributed by atoms with van der Waals surface area (Å²) < 4.78 is 0. The van der Waals surface area contributed by atoms with Crippen LogP contribution in [0.3, 0.4) is 0 Å². The van der Waals surface area contributed by atoms with Crippen LogP contribution in [0.1, 0.15) is 49.9 Å². The number of halogens is 1. The summed E-state index contributed by atoms with van der Waals surface area (Å²) in [6, 6.07) is 5.47. The fourth-order valence-electron chi connectivity index (χ4n) is 3.15. The smallest absolute Gasteiger partial charge is 0.252 e. The number of rotatable bonds is 6. The van der Waals surface area contributed by atoms with Gasteiger partial charge in [-0.25, -0.2) is 0 Å². The molecule has 0 spiro atoms. The Morgan fingerprint density at radius 3 is 2.79 bits per heavy atom. The fraction of sp³-hybridized carbons (Fsp3) is 0.556. The predicted octanol–water partition coefficient (Wildman–Crippen LogP) is 3.29. The van der Waals surface area contributed by atoms with Gasteiger partial charge in [-0.05, 0) is 50.9 Å². The lowest BCUT2D eigenvalue weighted by molar-refractivity contribution is -0.118. The fourth-order valence-corrected chi connectivity index (χ4v) is 3.35. The summed E-state index contributed by atoms with van der Waals surface area (Å²) in [6.45, 7) is 5.90. The van der Waals surface area contributed by atoms with Gasteiger partial charge in [0.1, 0.15) is 0 Å². The van der Waals surface area contributed by atoms with Crippen molar-refractivity contribution in [1.29, 1.82) is 0 Å². The first-order valence-corrected chi connectivity index (χ1v) is 9.04. The molecule has 0 radical (unpaired) electrons. The van der Waals surface area contributed by atoms with Gasteiger partial charge in [0.05, 0.1) is 17.1 Å². The van der Waals surface area contributed by atoms with E-state index in [-0.39, 0.29) is 11.8 Å². The zero-order chi connectivity index (χ0) is 17.5. The highest BCUT2D eigenvalue weighted by molar-refractivity contribution is 6.34. The molecule has 132 valence electrons.